The molecule has 2 heterocycles. The fourth-order valence-electron chi connectivity index (χ4n) is 3.85. The second-order valence-electron chi connectivity index (χ2n) is 7.54. The molecule has 0 atom stereocenters. The first kappa shape index (κ1) is 19.0. The number of anilines is 1. The summed E-state index contributed by atoms with van der Waals surface area (Å²) in [5.74, 6) is -0.0889. The van der Waals surface area contributed by atoms with E-state index in [2.05, 4.69) is 27.8 Å². The van der Waals surface area contributed by atoms with E-state index in [0.29, 0.717) is 18.3 Å². The Labute approximate surface area is 167 Å². The number of benzene rings is 2. The lowest BCUT2D eigenvalue weighted by Crippen LogP contribution is -3.14. The first-order chi connectivity index (χ1) is 14.0. The molecule has 3 aromatic rings. The van der Waals surface area contributed by atoms with Crippen LogP contribution >= 0.6 is 0 Å². The molecular formula is C20H23N6O3+. The van der Waals surface area contributed by atoms with Gasteiger partial charge in [0.05, 0.1) is 29.6 Å². The van der Waals surface area contributed by atoms with Crippen LogP contribution < -0.4 is 10.2 Å². The van der Waals surface area contributed by atoms with E-state index >= 15 is 0 Å². The van der Waals surface area contributed by atoms with Crippen molar-refractivity contribution < 1.29 is 14.6 Å². The molecule has 0 bridgehead atoms. The van der Waals surface area contributed by atoms with E-state index in [1.54, 1.807) is 12.1 Å². The Morgan fingerprint density at radius 3 is 2.66 bits per heavy atom. The first-order valence-corrected chi connectivity index (χ1v) is 9.69. The Bertz CT molecular complexity index is 1040. The number of nitro benzene ring substituents is 1. The highest BCUT2D eigenvalue weighted by Gasteiger charge is 2.26. The number of non-ortho nitro benzene ring substituents is 1. The highest BCUT2D eigenvalue weighted by atomic mass is 16.6. The molecule has 0 unspecified atom stereocenters. The number of hydrogen-bond acceptors (Lipinski definition) is 5. The van der Waals surface area contributed by atoms with Crippen molar-refractivity contribution in [1.29, 1.82) is 0 Å². The number of piperidine rings is 1. The molecule has 29 heavy (non-hydrogen) atoms. The number of likely N-dealkylation sites (tertiary alicyclic amines) is 1. The molecule has 4 rings (SSSR count). The standard InChI is InChI=1S/C20H22N6O3/c1-14-2-7-19-18(12-14)22-23-25(19)16-8-10-24(11-9-16)13-20(27)21-15-3-5-17(6-4-15)26(28)29/h2-7,12,16H,8-11,13H2,1H3,(H,21,27)/p+1. The van der Waals surface area contributed by atoms with E-state index in [0.717, 1.165) is 37.0 Å². The van der Waals surface area contributed by atoms with E-state index in [1.165, 1.54) is 22.6 Å². The number of nitro groups is 1. The van der Waals surface area contributed by atoms with Gasteiger partial charge in [0.25, 0.3) is 11.6 Å². The van der Waals surface area contributed by atoms with Crippen LogP contribution in [-0.4, -0.2) is 45.5 Å². The molecule has 150 valence electrons. The van der Waals surface area contributed by atoms with Crippen LogP contribution in [0, 0.1) is 17.0 Å². The molecular weight excluding hydrogens is 372 g/mol. The lowest BCUT2D eigenvalue weighted by molar-refractivity contribution is -0.897. The molecule has 1 amide bonds. The van der Waals surface area contributed by atoms with Gasteiger partial charge in [-0.2, -0.15) is 0 Å². The average molecular weight is 395 g/mol. The molecule has 2 aromatic carbocycles. The van der Waals surface area contributed by atoms with Crippen molar-refractivity contribution in [2.45, 2.75) is 25.8 Å². The zero-order valence-corrected chi connectivity index (χ0v) is 16.2. The predicted molar refractivity (Wildman–Crippen MR) is 108 cm³/mol. The first-order valence-electron chi connectivity index (χ1n) is 9.69. The Hall–Kier alpha value is -3.33. The number of carbonyl (C=O) groups excluding carboxylic acids is 1. The zero-order chi connectivity index (χ0) is 20.4. The van der Waals surface area contributed by atoms with Gasteiger partial charge in [-0.15, -0.1) is 5.10 Å². The number of aromatic nitrogens is 3. The molecule has 0 saturated carbocycles. The van der Waals surface area contributed by atoms with Crippen LogP contribution in [0.15, 0.2) is 42.5 Å². The van der Waals surface area contributed by atoms with Gasteiger partial charge in [0.15, 0.2) is 6.54 Å². The zero-order valence-electron chi connectivity index (χ0n) is 16.2. The summed E-state index contributed by atoms with van der Waals surface area (Å²) in [6, 6.07) is 12.4. The highest BCUT2D eigenvalue weighted by Crippen LogP contribution is 2.22. The topological polar surface area (TPSA) is 107 Å². The average Bonchev–Trinajstić information content (AvgIpc) is 3.12. The number of fused-ring (bicyclic) bond motifs is 1. The summed E-state index contributed by atoms with van der Waals surface area (Å²) in [4.78, 5) is 23.8. The van der Waals surface area contributed by atoms with Gasteiger partial charge in [-0.05, 0) is 36.8 Å². The number of quaternary nitrogens is 1. The van der Waals surface area contributed by atoms with Gasteiger partial charge in [-0.1, -0.05) is 11.3 Å². The molecule has 0 spiro atoms. The van der Waals surface area contributed by atoms with Crippen molar-refractivity contribution in [3.63, 3.8) is 0 Å². The smallest absolute Gasteiger partial charge is 0.279 e. The summed E-state index contributed by atoms with van der Waals surface area (Å²) in [5.41, 5.74) is 3.72. The second-order valence-corrected chi connectivity index (χ2v) is 7.54. The van der Waals surface area contributed by atoms with Gasteiger partial charge in [0, 0.05) is 30.7 Å². The van der Waals surface area contributed by atoms with Gasteiger partial charge in [0.2, 0.25) is 0 Å². The number of hydrogen-bond donors (Lipinski definition) is 2. The van der Waals surface area contributed by atoms with E-state index < -0.39 is 4.92 Å². The molecule has 9 heteroatoms. The van der Waals surface area contributed by atoms with Gasteiger partial charge in [-0.25, -0.2) is 4.68 Å². The molecule has 1 fully saturated rings. The van der Waals surface area contributed by atoms with Crippen molar-refractivity contribution >= 4 is 28.3 Å². The fraction of sp³-hybridized carbons (Fsp3) is 0.350. The molecule has 1 aromatic heterocycles. The number of amides is 1. The second kappa shape index (κ2) is 7.96. The fourth-order valence-corrected chi connectivity index (χ4v) is 3.85. The minimum absolute atomic E-state index is 0.00601. The van der Waals surface area contributed by atoms with Crippen LogP contribution in [0.3, 0.4) is 0 Å². The molecule has 1 aliphatic rings. The van der Waals surface area contributed by atoms with Crippen molar-refractivity contribution in [2.75, 3.05) is 25.0 Å². The number of nitrogens with one attached hydrogen (secondary N) is 2. The third kappa shape index (κ3) is 4.24. The minimum atomic E-state index is -0.459. The van der Waals surface area contributed by atoms with Crippen molar-refractivity contribution in [1.82, 2.24) is 15.0 Å². The minimum Gasteiger partial charge on any atom is -0.327 e. The van der Waals surface area contributed by atoms with Gasteiger partial charge in [0.1, 0.15) is 5.52 Å². The largest absolute Gasteiger partial charge is 0.327 e. The van der Waals surface area contributed by atoms with E-state index in [-0.39, 0.29) is 11.6 Å². The molecule has 2 N–H and O–H groups in total. The number of aryl methyl sites for hydroxylation is 1. The summed E-state index contributed by atoms with van der Waals surface area (Å²) in [6.45, 7) is 4.18. The number of carbonyl (C=O) groups is 1. The quantitative estimate of drug-likeness (QED) is 0.503. The summed E-state index contributed by atoms with van der Waals surface area (Å²) < 4.78 is 2.02. The third-order valence-electron chi connectivity index (χ3n) is 5.41. The molecule has 0 aliphatic carbocycles. The third-order valence-corrected chi connectivity index (χ3v) is 5.41. The van der Waals surface area contributed by atoms with Crippen LogP contribution in [-0.2, 0) is 4.79 Å². The van der Waals surface area contributed by atoms with Crippen molar-refractivity contribution in [3.8, 4) is 0 Å². The SMILES string of the molecule is Cc1ccc2c(c1)nnn2C1CC[NH+](CC(=O)Nc2ccc([N+](=O)[O-])cc2)CC1. The predicted octanol–water partition coefficient (Wildman–Crippen LogP) is 1.51. The molecule has 1 aliphatic heterocycles. The lowest BCUT2D eigenvalue weighted by atomic mass is 10.0. The molecule has 9 nitrogen and oxygen atoms in total. The van der Waals surface area contributed by atoms with Crippen molar-refractivity contribution in [3.05, 3.63) is 58.1 Å². The normalized spacial score (nSPS) is 19.2. The summed E-state index contributed by atoms with van der Waals surface area (Å²) in [7, 11) is 0. The molecule has 1 saturated heterocycles. The van der Waals surface area contributed by atoms with E-state index in [1.807, 2.05) is 17.7 Å². The van der Waals surface area contributed by atoms with Gasteiger partial charge in [-0.3, -0.25) is 14.9 Å². The summed E-state index contributed by atoms with van der Waals surface area (Å²) in [5, 5.41) is 22.2. The van der Waals surface area contributed by atoms with Crippen LogP contribution in [0.1, 0.15) is 24.4 Å². The van der Waals surface area contributed by atoms with Crippen LogP contribution in [0.2, 0.25) is 0 Å². The Morgan fingerprint density at radius 2 is 1.97 bits per heavy atom. The maximum atomic E-state index is 12.3. The maximum absolute atomic E-state index is 12.3. The number of rotatable bonds is 5. The Balaban J connectivity index is 1.31. The monoisotopic (exact) mass is 395 g/mol. The van der Waals surface area contributed by atoms with E-state index in [9.17, 15) is 14.9 Å². The van der Waals surface area contributed by atoms with Crippen molar-refractivity contribution in [2.24, 2.45) is 0 Å². The summed E-state index contributed by atoms with van der Waals surface area (Å²) >= 11 is 0. The van der Waals surface area contributed by atoms with Crippen LogP contribution in [0.25, 0.3) is 11.0 Å². The Kier molecular flexibility index (Phi) is 5.22. The molecule has 0 radical (unpaired) electrons. The lowest BCUT2D eigenvalue weighted by Gasteiger charge is -2.29. The highest BCUT2D eigenvalue weighted by molar-refractivity contribution is 5.91. The van der Waals surface area contributed by atoms with Crippen LogP contribution in [0.4, 0.5) is 11.4 Å². The number of nitrogens with zero attached hydrogens (tertiary/aromatic N) is 4. The van der Waals surface area contributed by atoms with Gasteiger partial charge < -0.3 is 10.2 Å². The summed E-state index contributed by atoms with van der Waals surface area (Å²) in [6.07, 6.45) is 1.87. The van der Waals surface area contributed by atoms with Gasteiger partial charge >= 0.3 is 0 Å². The van der Waals surface area contributed by atoms with Crippen LogP contribution in [0.5, 0.6) is 0 Å². The Morgan fingerprint density at radius 1 is 1.24 bits per heavy atom. The van der Waals surface area contributed by atoms with E-state index in [4.69, 9.17) is 0 Å². The maximum Gasteiger partial charge on any atom is 0.279 e.